The molecule has 2 heterocycles. The van der Waals surface area contributed by atoms with Crippen LogP contribution < -0.4 is 10.3 Å². The van der Waals surface area contributed by atoms with E-state index in [4.69, 9.17) is 16.3 Å². The highest BCUT2D eigenvalue weighted by atomic mass is 35.5. The second kappa shape index (κ2) is 13.5. The Labute approximate surface area is 267 Å². The molecule has 0 amide bonds. The van der Waals surface area contributed by atoms with Crippen molar-refractivity contribution >= 4 is 22.5 Å². The summed E-state index contributed by atoms with van der Waals surface area (Å²) < 4.78 is 7.23. The van der Waals surface area contributed by atoms with E-state index in [2.05, 4.69) is 50.5 Å². The Morgan fingerprint density at radius 2 is 1.67 bits per heavy atom. The average molecular weight is 619 g/mol. The number of hydrogen-bond acceptors (Lipinski definition) is 6. The predicted octanol–water partition coefficient (Wildman–Crippen LogP) is 6.83. The summed E-state index contributed by atoms with van der Waals surface area (Å²) in [4.78, 5) is 19.4. The van der Waals surface area contributed by atoms with Crippen LogP contribution in [0.25, 0.3) is 10.9 Å². The first-order valence-corrected chi connectivity index (χ1v) is 15.3. The van der Waals surface area contributed by atoms with E-state index in [1.807, 2.05) is 90.5 Å². The number of H-pyrrole nitrogens is 1. The third-order valence-corrected chi connectivity index (χ3v) is 8.51. The summed E-state index contributed by atoms with van der Waals surface area (Å²) in [6.45, 7) is 5.59. The van der Waals surface area contributed by atoms with Crippen LogP contribution in [0, 0.1) is 13.8 Å². The summed E-state index contributed by atoms with van der Waals surface area (Å²) in [5.41, 5.74) is 6.50. The summed E-state index contributed by atoms with van der Waals surface area (Å²) in [5, 5.41) is 14.7. The quantitative estimate of drug-likeness (QED) is 0.171. The van der Waals surface area contributed by atoms with E-state index in [9.17, 15) is 4.79 Å². The molecule has 6 aromatic rings. The minimum atomic E-state index is -0.594. The zero-order chi connectivity index (χ0) is 31.3. The monoisotopic (exact) mass is 618 g/mol. The molecule has 4 aromatic carbocycles. The fourth-order valence-electron chi connectivity index (χ4n) is 5.89. The molecule has 0 aliphatic heterocycles. The van der Waals surface area contributed by atoms with Crippen LogP contribution in [-0.2, 0) is 26.1 Å². The van der Waals surface area contributed by atoms with Gasteiger partial charge in [-0.2, -0.15) is 0 Å². The summed E-state index contributed by atoms with van der Waals surface area (Å²) >= 11 is 6.72. The van der Waals surface area contributed by atoms with Crippen LogP contribution in [-0.4, -0.2) is 37.2 Å². The molecule has 1 unspecified atom stereocenters. The van der Waals surface area contributed by atoms with E-state index in [1.165, 1.54) is 5.56 Å². The van der Waals surface area contributed by atoms with Gasteiger partial charge >= 0.3 is 0 Å². The molecule has 9 heteroatoms. The van der Waals surface area contributed by atoms with E-state index in [0.717, 1.165) is 45.3 Å². The SMILES string of the molecule is COc1ccc(CN(Cc2ccccc2Cl)C(c2cc3c(C)cc(C)cc3[nH]c2=O)c2nnnn2CCc2ccccc2)cc1. The van der Waals surface area contributed by atoms with Crippen LogP contribution in [0.4, 0.5) is 0 Å². The lowest BCUT2D eigenvalue weighted by atomic mass is 9.99. The van der Waals surface area contributed by atoms with Crippen molar-refractivity contribution in [1.82, 2.24) is 30.1 Å². The van der Waals surface area contributed by atoms with Gasteiger partial charge in [0.25, 0.3) is 5.56 Å². The molecule has 6 rings (SSSR count). The standard InChI is InChI=1S/C36H35ClN6O2/c1-24-19-25(2)30-21-31(36(44)38-33(30)20-24)34(35-39-40-41-43(35)18-17-26-9-5-4-6-10-26)42(23-28-11-7-8-12-32(28)37)22-27-13-15-29(45-3)16-14-27/h4-16,19-21,34H,17-18,22-23H2,1-3H3,(H,38,44). The maximum atomic E-state index is 14.0. The third kappa shape index (κ3) is 6.82. The van der Waals surface area contributed by atoms with E-state index < -0.39 is 6.04 Å². The van der Waals surface area contributed by atoms with Crippen molar-refractivity contribution in [2.24, 2.45) is 0 Å². The van der Waals surface area contributed by atoms with Crippen LogP contribution in [0.15, 0.2) is 102 Å². The minimum Gasteiger partial charge on any atom is -0.497 e. The molecule has 0 radical (unpaired) electrons. The number of tetrazole rings is 1. The first-order chi connectivity index (χ1) is 21.9. The number of aromatic nitrogens is 5. The molecular weight excluding hydrogens is 584 g/mol. The van der Waals surface area contributed by atoms with Gasteiger partial charge in [-0.25, -0.2) is 4.68 Å². The minimum absolute atomic E-state index is 0.186. The maximum Gasteiger partial charge on any atom is 0.253 e. The van der Waals surface area contributed by atoms with Gasteiger partial charge in [-0.1, -0.05) is 78.3 Å². The zero-order valence-corrected chi connectivity index (χ0v) is 26.3. The summed E-state index contributed by atoms with van der Waals surface area (Å²) in [6, 6.07) is 31.5. The number of nitrogens with zero attached hydrogens (tertiary/aromatic N) is 5. The Hall–Kier alpha value is -4.79. The Morgan fingerprint density at radius 1 is 0.911 bits per heavy atom. The number of pyridine rings is 1. The summed E-state index contributed by atoms with van der Waals surface area (Å²) in [7, 11) is 1.65. The highest BCUT2D eigenvalue weighted by Crippen LogP contribution is 2.32. The Balaban J connectivity index is 1.51. The van der Waals surface area contributed by atoms with Gasteiger partial charge in [-0.05, 0) is 88.8 Å². The Bertz CT molecular complexity index is 1970. The van der Waals surface area contributed by atoms with E-state index in [0.29, 0.717) is 36.0 Å². The number of aromatic amines is 1. The molecule has 8 nitrogen and oxygen atoms in total. The van der Waals surface area contributed by atoms with E-state index in [-0.39, 0.29) is 5.56 Å². The number of benzene rings is 4. The van der Waals surface area contributed by atoms with Crippen LogP contribution in [0.5, 0.6) is 5.75 Å². The number of ether oxygens (including phenoxy) is 1. The molecular formula is C36H35ClN6O2. The van der Waals surface area contributed by atoms with Gasteiger partial charge < -0.3 is 9.72 Å². The highest BCUT2D eigenvalue weighted by molar-refractivity contribution is 6.31. The normalized spacial score (nSPS) is 12.1. The Morgan fingerprint density at radius 3 is 2.42 bits per heavy atom. The fourth-order valence-corrected chi connectivity index (χ4v) is 6.08. The zero-order valence-electron chi connectivity index (χ0n) is 25.6. The van der Waals surface area contributed by atoms with Gasteiger partial charge in [-0.15, -0.1) is 5.10 Å². The average Bonchev–Trinajstić information content (AvgIpc) is 3.50. The molecule has 228 valence electrons. The number of halogens is 1. The molecule has 0 bridgehead atoms. The van der Waals surface area contributed by atoms with Gasteiger partial charge in [0.05, 0.1) is 7.11 Å². The molecule has 0 fully saturated rings. The number of hydrogen-bond donors (Lipinski definition) is 1. The molecule has 2 aromatic heterocycles. The molecule has 1 N–H and O–H groups in total. The van der Waals surface area contributed by atoms with Gasteiger partial charge in [0, 0.05) is 41.1 Å². The first kappa shape index (κ1) is 30.2. The van der Waals surface area contributed by atoms with Crippen LogP contribution in [0.3, 0.4) is 0 Å². The molecule has 45 heavy (non-hydrogen) atoms. The largest absolute Gasteiger partial charge is 0.497 e. The van der Waals surface area contributed by atoms with Gasteiger partial charge in [-0.3, -0.25) is 9.69 Å². The lowest BCUT2D eigenvalue weighted by Crippen LogP contribution is -2.35. The van der Waals surface area contributed by atoms with Crippen molar-refractivity contribution in [3.05, 3.63) is 152 Å². The van der Waals surface area contributed by atoms with Crippen LogP contribution in [0.1, 0.15) is 45.2 Å². The lowest BCUT2D eigenvalue weighted by Gasteiger charge is -2.31. The predicted molar refractivity (Wildman–Crippen MR) is 178 cm³/mol. The number of methoxy groups -OCH3 is 1. The van der Waals surface area contributed by atoms with E-state index >= 15 is 0 Å². The Kier molecular flexibility index (Phi) is 9.05. The number of aryl methyl sites for hydroxylation is 4. The molecule has 0 aliphatic carbocycles. The second-order valence-electron chi connectivity index (χ2n) is 11.3. The van der Waals surface area contributed by atoms with Crippen LogP contribution >= 0.6 is 11.6 Å². The smallest absolute Gasteiger partial charge is 0.253 e. The van der Waals surface area contributed by atoms with Crippen molar-refractivity contribution in [2.75, 3.05) is 7.11 Å². The van der Waals surface area contributed by atoms with Crippen molar-refractivity contribution in [2.45, 2.75) is 45.9 Å². The first-order valence-electron chi connectivity index (χ1n) is 14.9. The van der Waals surface area contributed by atoms with Crippen molar-refractivity contribution in [3.63, 3.8) is 0 Å². The van der Waals surface area contributed by atoms with Crippen molar-refractivity contribution in [1.29, 1.82) is 0 Å². The summed E-state index contributed by atoms with van der Waals surface area (Å²) in [5.74, 6) is 1.36. The second-order valence-corrected chi connectivity index (χ2v) is 11.7. The fraction of sp³-hybridized carbons (Fsp3) is 0.222. The lowest BCUT2D eigenvalue weighted by molar-refractivity contribution is 0.193. The molecule has 0 aliphatic rings. The molecule has 0 saturated carbocycles. The number of fused-ring (bicyclic) bond motifs is 1. The maximum absolute atomic E-state index is 14.0. The topological polar surface area (TPSA) is 88.9 Å². The van der Waals surface area contributed by atoms with Crippen LogP contribution in [0.2, 0.25) is 5.02 Å². The van der Waals surface area contributed by atoms with Gasteiger partial charge in [0.1, 0.15) is 11.8 Å². The molecule has 1 atom stereocenters. The third-order valence-electron chi connectivity index (χ3n) is 8.14. The molecule has 0 spiro atoms. The highest BCUT2D eigenvalue weighted by Gasteiger charge is 2.31. The van der Waals surface area contributed by atoms with Crippen molar-refractivity contribution in [3.8, 4) is 5.75 Å². The number of nitrogens with one attached hydrogen (secondary N) is 1. The van der Waals surface area contributed by atoms with Gasteiger partial charge in [0.15, 0.2) is 5.82 Å². The number of rotatable bonds is 11. The van der Waals surface area contributed by atoms with Crippen molar-refractivity contribution < 1.29 is 4.74 Å². The molecule has 0 saturated heterocycles. The summed E-state index contributed by atoms with van der Waals surface area (Å²) in [6.07, 6.45) is 0.737. The van der Waals surface area contributed by atoms with E-state index in [1.54, 1.807) is 7.11 Å². The van der Waals surface area contributed by atoms with Gasteiger partial charge in [0.2, 0.25) is 0 Å².